The number of hydrogen-bond acceptors (Lipinski definition) is 5. The fourth-order valence-electron chi connectivity index (χ4n) is 2.88. The Morgan fingerprint density at radius 2 is 1.82 bits per heavy atom. The molecule has 2 aromatic carbocycles. The Kier molecular flexibility index (Phi) is 5.09. The van der Waals surface area contributed by atoms with Crippen LogP contribution >= 0.6 is 0 Å². The van der Waals surface area contributed by atoms with Crippen LogP contribution in [0.4, 0.5) is 5.69 Å². The zero-order chi connectivity index (χ0) is 19.3. The molecule has 1 saturated carbocycles. The molecule has 1 heterocycles. The van der Waals surface area contributed by atoms with E-state index in [2.05, 4.69) is 26.2 Å². The standard InChI is InChI=1S/C20H20N6O2/c27-19(22-17-10-11-17)15-6-8-16(9-7-15)23-20(28)18(26-13-21-24-25-26)12-14-4-2-1-3-5-14/h1-9,13,17-18H,10-12H2,(H,22,27)(H,23,28). The first-order valence-electron chi connectivity index (χ1n) is 9.17. The SMILES string of the molecule is O=C(NC1CC1)c1ccc(NC(=O)C(Cc2ccccc2)n2cnnn2)cc1. The molecule has 142 valence electrons. The minimum absolute atomic E-state index is 0.0870. The van der Waals surface area contributed by atoms with Crippen molar-refractivity contribution in [1.29, 1.82) is 0 Å². The number of tetrazole rings is 1. The average Bonchev–Trinajstić information content (AvgIpc) is 3.36. The monoisotopic (exact) mass is 376 g/mol. The molecule has 1 fully saturated rings. The third kappa shape index (κ3) is 4.40. The van der Waals surface area contributed by atoms with Gasteiger partial charge >= 0.3 is 0 Å². The lowest BCUT2D eigenvalue weighted by molar-refractivity contribution is -0.119. The molecule has 1 aliphatic rings. The number of nitrogens with zero attached hydrogens (tertiary/aromatic N) is 4. The van der Waals surface area contributed by atoms with Crippen molar-refractivity contribution >= 4 is 17.5 Å². The minimum atomic E-state index is -0.588. The number of rotatable bonds is 7. The van der Waals surface area contributed by atoms with Crippen LogP contribution in [0.1, 0.15) is 34.8 Å². The summed E-state index contributed by atoms with van der Waals surface area (Å²) >= 11 is 0. The van der Waals surface area contributed by atoms with Crippen LogP contribution < -0.4 is 10.6 Å². The first-order chi connectivity index (χ1) is 13.7. The van der Waals surface area contributed by atoms with Crippen molar-refractivity contribution in [2.75, 3.05) is 5.32 Å². The van der Waals surface area contributed by atoms with Gasteiger partial charge in [-0.3, -0.25) is 9.59 Å². The van der Waals surface area contributed by atoms with Gasteiger partial charge in [-0.25, -0.2) is 4.68 Å². The molecule has 2 N–H and O–H groups in total. The Hall–Kier alpha value is -3.55. The fraction of sp³-hybridized carbons (Fsp3) is 0.250. The van der Waals surface area contributed by atoms with E-state index in [-0.39, 0.29) is 11.8 Å². The summed E-state index contributed by atoms with van der Waals surface area (Å²) < 4.78 is 1.44. The summed E-state index contributed by atoms with van der Waals surface area (Å²) in [6, 6.07) is 16.3. The predicted molar refractivity (Wildman–Crippen MR) is 103 cm³/mol. The zero-order valence-corrected chi connectivity index (χ0v) is 15.2. The predicted octanol–water partition coefficient (Wildman–Crippen LogP) is 1.99. The van der Waals surface area contributed by atoms with Gasteiger partial charge in [-0.15, -0.1) is 5.10 Å². The first-order valence-corrected chi connectivity index (χ1v) is 9.17. The van der Waals surface area contributed by atoms with Crippen LogP contribution in [-0.2, 0) is 11.2 Å². The number of nitrogens with one attached hydrogen (secondary N) is 2. The largest absolute Gasteiger partial charge is 0.349 e. The molecule has 0 spiro atoms. The number of carbonyl (C=O) groups is 2. The lowest BCUT2D eigenvalue weighted by Gasteiger charge is -2.16. The van der Waals surface area contributed by atoms with Gasteiger partial charge in [-0.2, -0.15) is 0 Å². The Bertz CT molecular complexity index is 937. The summed E-state index contributed by atoms with van der Waals surface area (Å²) in [5.74, 6) is -0.317. The Morgan fingerprint density at radius 1 is 1.07 bits per heavy atom. The number of carbonyl (C=O) groups excluding carboxylic acids is 2. The molecule has 28 heavy (non-hydrogen) atoms. The molecule has 4 rings (SSSR count). The molecule has 3 aromatic rings. The highest BCUT2D eigenvalue weighted by atomic mass is 16.2. The van der Waals surface area contributed by atoms with Gasteiger partial charge in [-0.1, -0.05) is 30.3 Å². The molecule has 1 aromatic heterocycles. The van der Waals surface area contributed by atoms with Crippen molar-refractivity contribution in [2.24, 2.45) is 0 Å². The van der Waals surface area contributed by atoms with Crippen LogP contribution in [0.2, 0.25) is 0 Å². The number of amides is 2. The molecule has 2 amide bonds. The van der Waals surface area contributed by atoms with Gasteiger partial charge in [0.25, 0.3) is 5.91 Å². The van der Waals surface area contributed by atoms with Crippen molar-refractivity contribution in [1.82, 2.24) is 25.5 Å². The van der Waals surface area contributed by atoms with Crippen molar-refractivity contribution in [3.8, 4) is 0 Å². The summed E-state index contributed by atoms with van der Waals surface area (Å²) in [6.07, 6.45) is 3.97. The Labute approximate surface area is 162 Å². The van der Waals surface area contributed by atoms with Crippen LogP contribution in [-0.4, -0.2) is 38.1 Å². The highest BCUT2D eigenvalue weighted by Gasteiger charge is 2.24. The van der Waals surface area contributed by atoms with Crippen molar-refractivity contribution < 1.29 is 9.59 Å². The molecule has 0 bridgehead atoms. The summed E-state index contributed by atoms with van der Waals surface area (Å²) in [5.41, 5.74) is 2.19. The van der Waals surface area contributed by atoms with E-state index < -0.39 is 6.04 Å². The topological polar surface area (TPSA) is 102 Å². The number of hydrogen-bond donors (Lipinski definition) is 2. The molecule has 1 atom stereocenters. The van der Waals surface area contributed by atoms with Crippen molar-refractivity contribution in [3.05, 3.63) is 72.1 Å². The van der Waals surface area contributed by atoms with Gasteiger partial charge in [0, 0.05) is 23.7 Å². The smallest absolute Gasteiger partial charge is 0.251 e. The molecule has 0 aliphatic heterocycles. The van der Waals surface area contributed by atoms with Gasteiger partial charge in [0.05, 0.1) is 0 Å². The average molecular weight is 376 g/mol. The second-order valence-corrected chi connectivity index (χ2v) is 6.81. The zero-order valence-electron chi connectivity index (χ0n) is 15.2. The maximum absolute atomic E-state index is 12.9. The van der Waals surface area contributed by atoms with Crippen LogP contribution in [0, 0.1) is 0 Å². The Balaban J connectivity index is 1.45. The second kappa shape index (κ2) is 7.99. The van der Waals surface area contributed by atoms with Crippen LogP contribution in [0.5, 0.6) is 0 Å². The third-order valence-electron chi connectivity index (χ3n) is 4.59. The van der Waals surface area contributed by atoms with Crippen LogP contribution in [0.15, 0.2) is 60.9 Å². The summed E-state index contributed by atoms with van der Waals surface area (Å²) in [7, 11) is 0. The van der Waals surface area contributed by atoms with E-state index in [1.807, 2.05) is 30.3 Å². The number of benzene rings is 2. The van der Waals surface area contributed by atoms with E-state index in [0.29, 0.717) is 23.7 Å². The maximum atomic E-state index is 12.9. The Morgan fingerprint density at radius 3 is 2.46 bits per heavy atom. The normalized spacial score (nSPS) is 14.3. The maximum Gasteiger partial charge on any atom is 0.251 e. The van der Waals surface area contributed by atoms with Gasteiger partial charge in [0.1, 0.15) is 12.4 Å². The van der Waals surface area contributed by atoms with E-state index in [0.717, 1.165) is 18.4 Å². The molecule has 0 radical (unpaired) electrons. The van der Waals surface area contributed by atoms with Crippen LogP contribution in [0.25, 0.3) is 0 Å². The van der Waals surface area contributed by atoms with Gasteiger partial charge in [0.15, 0.2) is 0 Å². The van der Waals surface area contributed by atoms with E-state index >= 15 is 0 Å². The van der Waals surface area contributed by atoms with Crippen molar-refractivity contribution in [3.63, 3.8) is 0 Å². The summed E-state index contributed by atoms with van der Waals surface area (Å²) in [4.78, 5) is 25.0. The third-order valence-corrected chi connectivity index (χ3v) is 4.59. The lowest BCUT2D eigenvalue weighted by atomic mass is 10.1. The van der Waals surface area contributed by atoms with E-state index in [9.17, 15) is 9.59 Å². The minimum Gasteiger partial charge on any atom is -0.349 e. The summed E-state index contributed by atoms with van der Waals surface area (Å²) in [6.45, 7) is 0. The molecular formula is C20H20N6O2. The van der Waals surface area contributed by atoms with E-state index in [1.54, 1.807) is 24.3 Å². The highest BCUT2D eigenvalue weighted by molar-refractivity contribution is 5.97. The molecule has 0 saturated heterocycles. The molecule has 8 nitrogen and oxygen atoms in total. The highest BCUT2D eigenvalue weighted by Crippen LogP contribution is 2.20. The van der Waals surface area contributed by atoms with E-state index in [4.69, 9.17) is 0 Å². The van der Waals surface area contributed by atoms with Gasteiger partial charge < -0.3 is 10.6 Å². The lowest BCUT2D eigenvalue weighted by Crippen LogP contribution is -2.28. The molecule has 8 heteroatoms. The second-order valence-electron chi connectivity index (χ2n) is 6.81. The first kappa shape index (κ1) is 17.8. The molecular weight excluding hydrogens is 356 g/mol. The fourth-order valence-corrected chi connectivity index (χ4v) is 2.88. The quantitative estimate of drug-likeness (QED) is 0.657. The van der Waals surface area contributed by atoms with Crippen LogP contribution in [0.3, 0.4) is 0 Å². The van der Waals surface area contributed by atoms with Gasteiger partial charge in [0.2, 0.25) is 5.91 Å². The number of anilines is 1. The molecule has 1 unspecified atom stereocenters. The van der Waals surface area contributed by atoms with Crippen molar-refractivity contribution in [2.45, 2.75) is 31.3 Å². The van der Waals surface area contributed by atoms with Gasteiger partial charge in [-0.05, 0) is 53.1 Å². The summed E-state index contributed by atoms with van der Waals surface area (Å²) in [5, 5.41) is 17.0. The molecule has 1 aliphatic carbocycles. The number of aromatic nitrogens is 4. The van der Waals surface area contributed by atoms with E-state index in [1.165, 1.54) is 11.0 Å².